The van der Waals surface area contributed by atoms with Crippen molar-refractivity contribution in [2.75, 3.05) is 31.0 Å². The first-order valence-corrected chi connectivity index (χ1v) is 11.5. The highest BCUT2D eigenvalue weighted by molar-refractivity contribution is 7.80. The molecule has 0 fully saturated rings. The highest BCUT2D eigenvalue weighted by atomic mass is 35.5. The number of halogens is 1. The molecule has 0 saturated heterocycles. The molecule has 1 unspecified atom stereocenters. The molecule has 1 aliphatic rings. The van der Waals surface area contributed by atoms with Crippen LogP contribution in [0.4, 0.5) is 11.4 Å². The number of nitrogens with zero attached hydrogens (tertiary/aromatic N) is 3. The summed E-state index contributed by atoms with van der Waals surface area (Å²) in [5.41, 5.74) is 3.75. The van der Waals surface area contributed by atoms with Crippen LogP contribution in [0.15, 0.2) is 77.8 Å². The average molecular weight is 507 g/mol. The van der Waals surface area contributed by atoms with E-state index in [1.54, 1.807) is 61.5 Å². The zero-order valence-corrected chi connectivity index (χ0v) is 20.9. The van der Waals surface area contributed by atoms with Crippen molar-refractivity contribution >= 4 is 57.9 Å². The number of fused-ring (bicyclic) bond motifs is 1. The normalized spacial score (nSPS) is 15.0. The van der Waals surface area contributed by atoms with Crippen molar-refractivity contribution in [3.8, 4) is 0 Å². The number of hydrogen-bond acceptors (Lipinski definition) is 5. The second-order valence-electron chi connectivity index (χ2n) is 7.82. The zero-order valence-electron chi connectivity index (χ0n) is 19.4. The maximum absolute atomic E-state index is 13.5. The summed E-state index contributed by atoms with van der Waals surface area (Å²) in [6.07, 6.45) is -1.01. The molecule has 3 aromatic rings. The van der Waals surface area contributed by atoms with Crippen molar-refractivity contribution in [2.45, 2.75) is 6.17 Å². The van der Waals surface area contributed by atoms with Crippen molar-refractivity contribution in [3.63, 3.8) is 0 Å². The number of hydrogen-bond donors (Lipinski definition) is 1. The van der Waals surface area contributed by atoms with E-state index in [1.165, 1.54) is 12.0 Å². The Balaban J connectivity index is 1.73. The van der Waals surface area contributed by atoms with Gasteiger partial charge in [-0.1, -0.05) is 54.1 Å². The topological polar surface area (TPSA) is 74.2 Å². The number of likely N-dealkylation sites (N-methyl/N-ethyl adjacent to an activating group) is 1. The molecule has 0 radical (unpaired) electrons. The lowest BCUT2D eigenvalue weighted by molar-refractivity contribution is -0.119. The van der Waals surface area contributed by atoms with E-state index in [-0.39, 0.29) is 11.0 Å². The quantitative estimate of drug-likeness (QED) is 0.420. The average Bonchev–Trinajstić information content (AvgIpc) is 2.98. The summed E-state index contributed by atoms with van der Waals surface area (Å²) in [5, 5.41) is 3.82. The molecule has 3 aromatic carbocycles. The Hall–Kier alpha value is -3.75. The zero-order chi connectivity index (χ0) is 25.1. The van der Waals surface area contributed by atoms with Gasteiger partial charge in [0, 0.05) is 30.2 Å². The molecule has 0 bridgehead atoms. The fraction of sp³-hybridized carbons (Fsp3) is 0.154. The molecule has 0 saturated carbocycles. The number of benzodiazepines with no additional fused rings is 1. The van der Waals surface area contributed by atoms with E-state index in [1.807, 2.05) is 30.3 Å². The molecule has 9 heteroatoms. The largest absolute Gasteiger partial charge is 0.465 e. The number of aliphatic imine (C=N–C) groups is 1. The molecule has 1 aliphatic heterocycles. The molecular weight excluding hydrogens is 484 g/mol. The lowest BCUT2D eigenvalue weighted by Crippen LogP contribution is -2.50. The van der Waals surface area contributed by atoms with E-state index in [0.717, 1.165) is 11.1 Å². The van der Waals surface area contributed by atoms with E-state index in [0.29, 0.717) is 27.7 Å². The summed E-state index contributed by atoms with van der Waals surface area (Å²) in [6.45, 7) is 0. The number of benzene rings is 3. The maximum Gasteiger partial charge on any atom is 0.339 e. The summed E-state index contributed by atoms with van der Waals surface area (Å²) in [4.78, 5) is 33.6. The number of methoxy groups -OCH3 is 1. The molecule has 1 atom stereocenters. The Morgan fingerprint density at radius 3 is 2.51 bits per heavy atom. The molecule has 178 valence electrons. The lowest BCUT2D eigenvalue weighted by atomic mass is 10.0. The Morgan fingerprint density at radius 1 is 1.11 bits per heavy atom. The smallest absolute Gasteiger partial charge is 0.339 e. The van der Waals surface area contributed by atoms with Gasteiger partial charge in [0.05, 0.1) is 29.8 Å². The van der Waals surface area contributed by atoms with Crippen LogP contribution in [0, 0.1) is 0 Å². The number of carbonyl (C=O) groups is 2. The molecular formula is C26H23ClN4O3S. The van der Waals surface area contributed by atoms with E-state index < -0.39 is 12.1 Å². The second-order valence-corrected chi connectivity index (χ2v) is 8.65. The second kappa shape index (κ2) is 10.2. The minimum absolute atomic E-state index is 0.216. The number of anilines is 2. The van der Waals surface area contributed by atoms with Gasteiger partial charge in [-0.3, -0.25) is 4.79 Å². The minimum Gasteiger partial charge on any atom is -0.465 e. The van der Waals surface area contributed by atoms with E-state index in [9.17, 15) is 9.59 Å². The SMILES string of the molecule is COC(=O)c1ccccc1N(C)C(=S)NC1N=C(c2ccccc2)c2cc(Cl)ccc2N(C)C1=O. The van der Waals surface area contributed by atoms with Crippen LogP contribution < -0.4 is 15.1 Å². The van der Waals surface area contributed by atoms with Gasteiger partial charge in [0.1, 0.15) is 0 Å². The number of nitrogens with one attached hydrogen (secondary N) is 1. The summed E-state index contributed by atoms with van der Waals surface area (Å²) >= 11 is 11.9. The molecule has 1 N–H and O–H groups in total. The monoisotopic (exact) mass is 506 g/mol. The predicted molar refractivity (Wildman–Crippen MR) is 143 cm³/mol. The number of esters is 1. The summed E-state index contributed by atoms with van der Waals surface area (Å²) in [5.74, 6) is -0.784. The number of carbonyl (C=O) groups excluding carboxylic acids is 2. The molecule has 1 heterocycles. The van der Waals surface area contributed by atoms with Gasteiger partial charge in [-0.05, 0) is 42.5 Å². The number of amides is 1. The first-order chi connectivity index (χ1) is 16.8. The van der Waals surface area contributed by atoms with Gasteiger partial charge in [-0.25, -0.2) is 9.79 Å². The first-order valence-electron chi connectivity index (χ1n) is 10.7. The van der Waals surface area contributed by atoms with Gasteiger partial charge in [0.25, 0.3) is 5.91 Å². The van der Waals surface area contributed by atoms with Crippen molar-refractivity contribution in [2.24, 2.45) is 4.99 Å². The van der Waals surface area contributed by atoms with Crippen molar-refractivity contribution in [3.05, 3.63) is 94.5 Å². The highest BCUT2D eigenvalue weighted by Gasteiger charge is 2.31. The first kappa shape index (κ1) is 24.4. The summed E-state index contributed by atoms with van der Waals surface area (Å²) in [6, 6.07) is 21.8. The fourth-order valence-electron chi connectivity index (χ4n) is 3.84. The van der Waals surface area contributed by atoms with Crippen molar-refractivity contribution < 1.29 is 14.3 Å². The van der Waals surface area contributed by atoms with Crippen LogP contribution in [0.3, 0.4) is 0 Å². The van der Waals surface area contributed by atoms with Gasteiger partial charge >= 0.3 is 5.97 Å². The Labute approximate surface area is 214 Å². The number of para-hydroxylation sites is 1. The van der Waals surface area contributed by atoms with Crippen molar-refractivity contribution in [1.82, 2.24) is 5.32 Å². The van der Waals surface area contributed by atoms with Crippen LogP contribution in [0.1, 0.15) is 21.5 Å². The molecule has 0 aliphatic carbocycles. The fourth-order valence-corrected chi connectivity index (χ4v) is 4.22. The highest BCUT2D eigenvalue weighted by Crippen LogP contribution is 2.30. The van der Waals surface area contributed by atoms with E-state index in [4.69, 9.17) is 33.5 Å². The van der Waals surface area contributed by atoms with Gasteiger partial charge in [-0.15, -0.1) is 0 Å². The maximum atomic E-state index is 13.5. The molecule has 1 amide bonds. The molecule has 0 spiro atoms. The number of thiocarbonyl (C=S) groups is 1. The van der Waals surface area contributed by atoms with Crippen LogP contribution in [-0.2, 0) is 9.53 Å². The molecule has 0 aromatic heterocycles. The van der Waals surface area contributed by atoms with Gasteiger partial charge in [0.15, 0.2) is 5.11 Å². The lowest BCUT2D eigenvalue weighted by Gasteiger charge is -2.26. The molecule has 4 rings (SSSR count). The van der Waals surface area contributed by atoms with E-state index in [2.05, 4.69) is 5.32 Å². The Morgan fingerprint density at radius 2 is 1.80 bits per heavy atom. The van der Waals surface area contributed by atoms with Gasteiger partial charge in [-0.2, -0.15) is 0 Å². The predicted octanol–water partition coefficient (Wildman–Crippen LogP) is 4.28. The Bertz CT molecular complexity index is 1330. The molecule has 7 nitrogen and oxygen atoms in total. The number of ether oxygens (including phenoxy) is 1. The Kier molecular flexibility index (Phi) is 7.14. The van der Waals surface area contributed by atoms with Crippen LogP contribution in [0.5, 0.6) is 0 Å². The van der Waals surface area contributed by atoms with Gasteiger partial charge in [0.2, 0.25) is 6.17 Å². The summed E-state index contributed by atoms with van der Waals surface area (Å²) < 4.78 is 4.89. The third kappa shape index (κ3) is 4.89. The van der Waals surface area contributed by atoms with Crippen LogP contribution in [0.25, 0.3) is 0 Å². The standard InChI is InChI=1S/C26H23ClN4O3S/c1-30-21-14-13-17(27)15-19(21)22(16-9-5-4-6-10-16)28-23(24(30)32)29-26(35)31(2)20-12-8-7-11-18(20)25(33)34-3/h4-15,23H,1-3H3,(H,29,35). The van der Waals surface area contributed by atoms with E-state index >= 15 is 0 Å². The van der Waals surface area contributed by atoms with Crippen LogP contribution in [-0.4, -0.2) is 50.1 Å². The third-order valence-corrected chi connectivity index (χ3v) is 6.31. The summed E-state index contributed by atoms with van der Waals surface area (Å²) in [7, 11) is 4.71. The van der Waals surface area contributed by atoms with Crippen LogP contribution >= 0.6 is 23.8 Å². The van der Waals surface area contributed by atoms with Crippen molar-refractivity contribution in [1.29, 1.82) is 0 Å². The third-order valence-electron chi connectivity index (χ3n) is 5.68. The molecule has 35 heavy (non-hydrogen) atoms. The minimum atomic E-state index is -1.01. The van der Waals surface area contributed by atoms with Gasteiger partial charge < -0.3 is 19.9 Å². The number of rotatable bonds is 4. The van der Waals surface area contributed by atoms with Crippen LogP contribution in [0.2, 0.25) is 5.02 Å².